The Hall–Kier alpha value is -4.83. The minimum atomic E-state index is -0.527. The summed E-state index contributed by atoms with van der Waals surface area (Å²) in [6.45, 7) is 6.25. The molecule has 2 heterocycles. The van der Waals surface area contributed by atoms with Gasteiger partial charge in [-0.05, 0) is 42.8 Å². The first kappa shape index (κ1) is 25.8. The summed E-state index contributed by atoms with van der Waals surface area (Å²) in [7, 11) is 0. The van der Waals surface area contributed by atoms with Gasteiger partial charge in [0.1, 0.15) is 36.0 Å². The van der Waals surface area contributed by atoms with Gasteiger partial charge in [0.05, 0.1) is 29.0 Å². The Bertz CT molecular complexity index is 1670. The van der Waals surface area contributed by atoms with E-state index in [0.29, 0.717) is 46.1 Å². The smallest absolute Gasteiger partial charge is 0.247 e. The molecule has 2 aromatic heterocycles. The summed E-state index contributed by atoms with van der Waals surface area (Å²) in [5.74, 6) is -0.135. The molecular formula is C28H23ClFN7O2. The fraction of sp³-hybridized carbons (Fsp3) is 0.107. The molecule has 0 spiro atoms. The maximum atomic E-state index is 13.6. The maximum absolute atomic E-state index is 13.6. The number of hydrogen-bond donors (Lipinski definition) is 2. The van der Waals surface area contributed by atoms with Crippen molar-refractivity contribution in [1.82, 2.24) is 25.0 Å². The molecule has 0 unspecified atom stereocenters. The molecule has 0 fully saturated rings. The number of amides is 1. The SMILES string of the molecule is C=CC(=O)Nc1cc2c(Nc3ccc(F)c(Cl)c3)ncnc2cc1OCc1cn(Cc2ccc(C)cc2)nn1. The molecule has 0 aliphatic heterocycles. The summed E-state index contributed by atoms with van der Waals surface area (Å²) < 4.78 is 21.4. The average molecular weight is 544 g/mol. The molecular weight excluding hydrogens is 521 g/mol. The number of fused-ring (bicyclic) bond motifs is 1. The van der Waals surface area contributed by atoms with Crippen molar-refractivity contribution in [3.8, 4) is 5.75 Å². The second-order valence-electron chi connectivity index (χ2n) is 8.72. The van der Waals surface area contributed by atoms with Crippen LogP contribution in [-0.4, -0.2) is 30.9 Å². The van der Waals surface area contributed by atoms with Crippen LogP contribution in [-0.2, 0) is 17.9 Å². The normalized spacial score (nSPS) is 10.8. The van der Waals surface area contributed by atoms with Crippen LogP contribution in [0.4, 0.5) is 21.6 Å². The largest absolute Gasteiger partial charge is 0.485 e. The minimum Gasteiger partial charge on any atom is -0.485 e. The quantitative estimate of drug-likeness (QED) is 0.226. The van der Waals surface area contributed by atoms with E-state index in [2.05, 4.69) is 37.5 Å². The van der Waals surface area contributed by atoms with Crippen LogP contribution in [0.5, 0.6) is 5.75 Å². The van der Waals surface area contributed by atoms with E-state index in [-0.39, 0.29) is 11.6 Å². The highest BCUT2D eigenvalue weighted by Gasteiger charge is 2.14. The molecule has 39 heavy (non-hydrogen) atoms. The number of halogens is 2. The Kier molecular flexibility index (Phi) is 7.46. The van der Waals surface area contributed by atoms with Gasteiger partial charge in [0.15, 0.2) is 0 Å². The van der Waals surface area contributed by atoms with E-state index in [1.54, 1.807) is 29.1 Å². The Labute approximate surface area is 228 Å². The highest BCUT2D eigenvalue weighted by Crippen LogP contribution is 2.34. The van der Waals surface area contributed by atoms with Crippen molar-refractivity contribution in [2.24, 2.45) is 0 Å². The summed E-state index contributed by atoms with van der Waals surface area (Å²) in [6, 6.07) is 15.8. The van der Waals surface area contributed by atoms with Crippen LogP contribution >= 0.6 is 11.6 Å². The topological polar surface area (TPSA) is 107 Å². The first-order valence-electron chi connectivity index (χ1n) is 11.9. The molecule has 1 amide bonds. The standard InChI is InChI=1S/C28H23ClFN7O2/c1-3-27(38)34-25-11-21-24(31-16-32-28(21)33-19-8-9-23(30)22(29)10-19)12-26(25)39-15-20-14-37(36-35-20)13-18-6-4-17(2)5-7-18/h3-12,14,16H,1,13,15H2,2H3,(H,34,38)(H,31,32,33). The molecule has 0 aliphatic rings. The molecule has 0 bridgehead atoms. The van der Waals surface area contributed by atoms with Crippen molar-refractivity contribution < 1.29 is 13.9 Å². The number of ether oxygens (including phenoxy) is 1. The van der Waals surface area contributed by atoms with E-state index in [1.165, 1.54) is 24.0 Å². The zero-order valence-electron chi connectivity index (χ0n) is 20.9. The highest BCUT2D eigenvalue weighted by molar-refractivity contribution is 6.31. The predicted octanol–water partition coefficient (Wildman–Crippen LogP) is 5.82. The van der Waals surface area contributed by atoms with Crippen molar-refractivity contribution in [3.63, 3.8) is 0 Å². The van der Waals surface area contributed by atoms with Gasteiger partial charge in [-0.15, -0.1) is 5.10 Å². The molecule has 0 saturated carbocycles. The van der Waals surface area contributed by atoms with Gasteiger partial charge < -0.3 is 15.4 Å². The summed E-state index contributed by atoms with van der Waals surface area (Å²) in [5, 5.41) is 14.8. The Morgan fingerprint density at radius 2 is 1.97 bits per heavy atom. The molecule has 5 rings (SSSR count). The van der Waals surface area contributed by atoms with E-state index >= 15 is 0 Å². The molecule has 0 aliphatic carbocycles. The Balaban J connectivity index is 1.39. The van der Waals surface area contributed by atoms with Gasteiger partial charge in [0, 0.05) is 17.1 Å². The lowest BCUT2D eigenvalue weighted by atomic mass is 10.1. The molecule has 3 aromatic carbocycles. The van der Waals surface area contributed by atoms with Gasteiger partial charge in [0.25, 0.3) is 0 Å². The van der Waals surface area contributed by atoms with E-state index in [1.807, 2.05) is 31.2 Å². The molecule has 11 heteroatoms. The number of nitrogens with zero attached hydrogens (tertiary/aromatic N) is 5. The number of anilines is 3. The third-order valence-electron chi connectivity index (χ3n) is 5.79. The maximum Gasteiger partial charge on any atom is 0.247 e. The van der Waals surface area contributed by atoms with Crippen LogP contribution in [0.1, 0.15) is 16.8 Å². The molecule has 0 radical (unpaired) electrons. The van der Waals surface area contributed by atoms with Crippen LogP contribution in [0.15, 0.2) is 79.8 Å². The second kappa shape index (κ2) is 11.3. The van der Waals surface area contributed by atoms with Crippen molar-refractivity contribution in [2.45, 2.75) is 20.1 Å². The fourth-order valence-corrected chi connectivity index (χ4v) is 3.99. The highest BCUT2D eigenvalue weighted by atomic mass is 35.5. The van der Waals surface area contributed by atoms with Gasteiger partial charge in [0.2, 0.25) is 5.91 Å². The fourth-order valence-electron chi connectivity index (χ4n) is 3.81. The number of hydrogen-bond acceptors (Lipinski definition) is 7. The van der Waals surface area contributed by atoms with E-state index in [0.717, 1.165) is 11.6 Å². The lowest BCUT2D eigenvalue weighted by Gasteiger charge is -2.14. The van der Waals surface area contributed by atoms with Crippen LogP contribution in [0, 0.1) is 12.7 Å². The summed E-state index contributed by atoms with van der Waals surface area (Å²) >= 11 is 5.92. The van der Waals surface area contributed by atoms with E-state index in [9.17, 15) is 9.18 Å². The number of nitrogens with one attached hydrogen (secondary N) is 2. The van der Waals surface area contributed by atoms with Gasteiger partial charge in [-0.1, -0.05) is 53.2 Å². The number of aromatic nitrogens is 5. The van der Waals surface area contributed by atoms with Crippen LogP contribution < -0.4 is 15.4 Å². The Morgan fingerprint density at radius 3 is 2.74 bits per heavy atom. The number of carbonyl (C=O) groups excluding carboxylic acids is 1. The Morgan fingerprint density at radius 1 is 1.15 bits per heavy atom. The number of carbonyl (C=O) groups is 1. The first-order chi connectivity index (χ1) is 18.9. The minimum absolute atomic E-state index is 0.0243. The van der Waals surface area contributed by atoms with E-state index < -0.39 is 11.7 Å². The zero-order valence-corrected chi connectivity index (χ0v) is 21.6. The van der Waals surface area contributed by atoms with Crippen molar-refractivity contribution in [1.29, 1.82) is 0 Å². The van der Waals surface area contributed by atoms with Gasteiger partial charge >= 0.3 is 0 Å². The van der Waals surface area contributed by atoms with Crippen LogP contribution in [0.3, 0.4) is 0 Å². The first-order valence-corrected chi connectivity index (χ1v) is 12.3. The van der Waals surface area contributed by atoms with Gasteiger partial charge in [-0.25, -0.2) is 19.0 Å². The summed E-state index contributed by atoms with van der Waals surface area (Å²) in [5.41, 5.74) is 4.38. The number of benzene rings is 3. The second-order valence-corrected chi connectivity index (χ2v) is 9.12. The lowest BCUT2D eigenvalue weighted by molar-refractivity contribution is -0.111. The van der Waals surface area contributed by atoms with Gasteiger partial charge in [-0.3, -0.25) is 4.79 Å². The van der Waals surface area contributed by atoms with Crippen molar-refractivity contribution in [2.75, 3.05) is 10.6 Å². The predicted molar refractivity (Wildman–Crippen MR) is 148 cm³/mol. The van der Waals surface area contributed by atoms with Crippen LogP contribution in [0.25, 0.3) is 10.9 Å². The monoisotopic (exact) mass is 543 g/mol. The molecule has 196 valence electrons. The van der Waals surface area contributed by atoms with Crippen molar-refractivity contribution >= 4 is 45.6 Å². The molecule has 5 aromatic rings. The lowest BCUT2D eigenvalue weighted by Crippen LogP contribution is -2.10. The van der Waals surface area contributed by atoms with Crippen molar-refractivity contribution in [3.05, 3.63) is 107 Å². The number of rotatable bonds is 9. The third-order valence-corrected chi connectivity index (χ3v) is 6.08. The van der Waals surface area contributed by atoms with Gasteiger partial charge in [-0.2, -0.15) is 0 Å². The van der Waals surface area contributed by atoms with E-state index in [4.69, 9.17) is 16.3 Å². The zero-order chi connectivity index (χ0) is 27.4. The summed E-state index contributed by atoms with van der Waals surface area (Å²) in [4.78, 5) is 20.8. The summed E-state index contributed by atoms with van der Waals surface area (Å²) in [6.07, 6.45) is 4.35. The average Bonchev–Trinajstić information content (AvgIpc) is 3.38. The molecule has 0 saturated heterocycles. The van der Waals surface area contributed by atoms with Crippen LogP contribution in [0.2, 0.25) is 5.02 Å². The number of aryl methyl sites for hydroxylation is 1. The molecule has 0 atom stereocenters. The third kappa shape index (κ3) is 6.19. The molecule has 9 nitrogen and oxygen atoms in total. The molecule has 2 N–H and O–H groups in total.